The van der Waals surface area contributed by atoms with Crippen molar-refractivity contribution >= 4 is 33.2 Å². The molecule has 0 aliphatic heterocycles. The number of phenols is 1. The molecule has 4 N–H and O–H groups in total. The van der Waals surface area contributed by atoms with E-state index < -0.39 is 5.91 Å². The molecule has 5 nitrogen and oxygen atoms in total. The van der Waals surface area contributed by atoms with Gasteiger partial charge < -0.3 is 20.9 Å². The Morgan fingerprint density at radius 2 is 2.05 bits per heavy atom. The molecule has 0 heterocycles. The summed E-state index contributed by atoms with van der Waals surface area (Å²) in [5, 5.41) is 12.4. The minimum atomic E-state index is -0.438. The van der Waals surface area contributed by atoms with Crippen molar-refractivity contribution in [2.24, 2.45) is 0 Å². The molecular formula is C14H13BrN2O3. The summed E-state index contributed by atoms with van der Waals surface area (Å²) < 4.78 is 5.72. The number of rotatable bonds is 3. The normalized spacial score (nSPS) is 10.1. The number of hydrogen-bond donors (Lipinski definition) is 3. The molecule has 0 atom stereocenters. The van der Waals surface area contributed by atoms with Gasteiger partial charge in [0.05, 0.1) is 24.0 Å². The number of halogens is 1. The van der Waals surface area contributed by atoms with E-state index in [2.05, 4.69) is 21.2 Å². The standard InChI is InChI=1S/C14H13BrN2O3/c1-20-9-3-5-12(11(16)7-9)17-14(19)10-4-2-8(15)6-13(10)18/h2-7,18H,16H2,1H3,(H,17,19). The highest BCUT2D eigenvalue weighted by Gasteiger charge is 2.13. The van der Waals surface area contributed by atoms with E-state index in [1.807, 2.05) is 0 Å². The number of hydrogen-bond acceptors (Lipinski definition) is 4. The highest BCUT2D eigenvalue weighted by atomic mass is 79.9. The summed E-state index contributed by atoms with van der Waals surface area (Å²) in [5.74, 6) is 0.0582. The second-order valence-electron chi connectivity index (χ2n) is 4.07. The quantitative estimate of drug-likeness (QED) is 0.752. The Hall–Kier alpha value is -2.21. The molecule has 0 saturated carbocycles. The summed E-state index contributed by atoms with van der Waals surface area (Å²) in [4.78, 5) is 12.1. The molecule has 1 amide bonds. The second kappa shape index (κ2) is 5.83. The number of amides is 1. The van der Waals surface area contributed by atoms with Crippen molar-refractivity contribution in [3.8, 4) is 11.5 Å². The summed E-state index contributed by atoms with van der Waals surface area (Å²) in [6.07, 6.45) is 0. The van der Waals surface area contributed by atoms with E-state index in [9.17, 15) is 9.90 Å². The number of carbonyl (C=O) groups excluding carboxylic acids is 1. The predicted molar refractivity (Wildman–Crippen MR) is 81.2 cm³/mol. The van der Waals surface area contributed by atoms with Gasteiger partial charge in [-0.05, 0) is 30.3 Å². The Balaban J connectivity index is 2.23. The van der Waals surface area contributed by atoms with Crippen LogP contribution >= 0.6 is 15.9 Å². The van der Waals surface area contributed by atoms with E-state index in [4.69, 9.17) is 10.5 Å². The average molecular weight is 337 g/mol. The van der Waals surface area contributed by atoms with Crippen molar-refractivity contribution in [2.75, 3.05) is 18.2 Å². The third-order valence-electron chi connectivity index (χ3n) is 2.71. The topological polar surface area (TPSA) is 84.6 Å². The van der Waals surface area contributed by atoms with Gasteiger partial charge in [0.15, 0.2) is 0 Å². The lowest BCUT2D eigenvalue weighted by molar-refractivity contribution is 0.102. The molecule has 0 aliphatic rings. The fourth-order valence-electron chi connectivity index (χ4n) is 1.67. The highest BCUT2D eigenvalue weighted by molar-refractivity contribution is 9.10. The van der Waals surface area contributed by atoms with Gasteiger partial charge in [-0.2, -0.15) is 0 Å². The van der Waals surface area contributed by atoms with Gasteiger partial charge in [-0.15, -0.1) is 0 Å². The SMILES string of the molecule is COc1ccc(NC(=O)c2ccc(Br)cc2O)c(N)c1. The van der Waals surface area contributed by atoms with E-state index >= 15 is 0 Å². The maximum absolute atomic E-state index is 12.1. The van der Waals surface area contributed by atoms with Crippen molar-refractivity contribution in [1.82, 2.24) is 0 Å². The summed E-state index contributed by atoms with van der Waals surface area (Å²) >= 11 is 3.21. The van der Waals surface area contributed by atoms with Gasteiger partial charge in [0.25, 0.3) is 5.91 Å². The van der Waals surface area contributed by atoms with Crippen LogP contribution in [0, 0.1) is 0 Å². The fraction of sp³-hybridized carbons (Fsp3) is 0.0714. The van der Waals surface area contributed by atoms with E-state index in [1.165, 1.54) is 19.2 Å². The van der Waals surface area contributed by atoms with Crippen molar-refractivity contribution in [3.05, 3.63) is 46.4 Å². The lowest BCUT2D eigenvalue weighted by Crippen LogP contribution is -2.13. The molecule has 0 aromatic heterocycles. The molecule has 0 bridgehead atoms. The number of aromatic hydroxyl groups is 1. The highest BCUT2D eigenvalue weighted by Crippen LogP contribution is 2.27. The minimum Gasteiger partial charge on any atom is -0.507 e. The zero-order chi connectivity index (χ0) is 14.7. The number of anilines is 2. The molecule has 2 aromatic rings. The molecule has 2 rings (SSSR count). The van der Waals surface area contributed by atoms with Gasteiger partial charge >= 0.3 is 0 Å². The number of methoxy groups -OCH3 is 1. The van der Waals surface area contributed by atoms with Gasteiger partial charge in [-0.1, -0.05) is 15.9 Å². The Morgan fingerprint density at radius 3 is 2.65 bits per heavy atom. The predicted octanol–water partition coefficient (Wildman–Crippen LogP) is 3.00. The van der Waals surface area contributed by atoms with Crippen molar-refractivity contribution in [1.29, 1.82) is 0 Å². The molecule has 0 radical (unpaired) electrons. The van der Waals surface area contributed by atoms with Crippen LogP contribution in [0.4, 0.5) is 11.4 Å². The molecular weight excluding hydrogens is 324 g/mol. The summed E-state index contributed by atoms with van der Waals surface area (Å²) in [6, 6.07) is 9.58. The van der Waals surface area contributed by atoms with Crippen molar-refractivity contribution in [3.63, 3.8) is 0 Å². The van der Waals surface area contributed by atoms with Gasteiger partial charge in [-0.25, -0.2) is 0 Å². The fourth-order valence-corrected chi connectivity index (χ4v) is 2.02. The number of nitrogens with two attached hydrogens (primary N) is 1. The number of nitrogen functional groups attached to an aromatic ring is 1. The third kappa shape index (κ3) is 3.03. The molecule has 6 heteroatoms. The molecule has 0 fully saturated rings. The molecule has 0 saturated heterocycles. The maximum atomic E-state index is 12.1. The van der Waals surface area contributed by atoms with Crippen LogP contribution in [0.2, 0.25) is 0 Å². The lowest BCUT2D eigenvalue weighted by Gasteiger charge is -2.10. The molecule has 2 aromatic carbocycles. The largest absolute Gasteiger partial charge is 0.507 e. The van der Waals surface area contributed by atoms with Gasteiger partial charge in [0, 0.05) is 10.5 Å². The summed E-state index contributed by atoms with van der Waals surface area (Å²) in [7, 11) is 1.53. The molecule has 0 spiro atoms. The second-order valence-corrected chi connectivity index (χ2v) is 4.98. The van der Waals surface area contributed by atoms with Crippen LogP contribution in [0.25, 0.3) is 0 Å². The molecule has 0 aliphatic carbocycles. The monoisotopic (exact) mass is 336 g/mol. The van der Waals surface area contributed by atoms with E-state index in [0.29, 0.717) is 21.6 Å². The van der Waals surface area contributed by atoms with Crippen LogP contribution in [-0.4, -0.2) is 18.1 Å². The van der Waals surface area contributed by atoms with Crippen LogP contribution in [0.15, 0.2) is 40.9 Å². The molecule has 104 valence electrons. The van der Waals surface area contributed by atoms with Crippen LogP contribution in [0.3, 0.4) is 0 Å². The average Bonchev–Trinajstić information content (AvgIpc) is 2.40. The van der Waals surface area contributed by atoms with Gasteiger partial charge in [0.1, 0.15) is 11.5 Å². The molecule has 0 unspecified atom stereocenters. The smallest absolute Gasteiger partial charge is 0.259 e. The van der Waals surface area contributed by atoms with Crippen molar-refractivity contribution < 1.29 is 14.6 Å². The number of phenolic OH excluding ortho intramolecular Hbond substituents is 1. The Bertz CT molecular complexity index is 659. The van der Waals surface area contributed by atoms with E-state index in [-0.39, 0.29) is 11.3 Å². The third-order valence-corrected chi connectivity index (χ3v) is 3.20. The number of carbonyl (C=O) groups is 1. The first-order valence-electron chi connectivity index (χ1n) is 5.74. The number of ether oxygens (including phenoxy) is 1. The van der Waals surface area contributed by atoms with E-state index in [0.717, 1.165) is 0 Å². The Labute approximate surface area is 124 Å². The number of nitrogens with one attached hydrogen (secondary N) is 1. The molecule has 20 heavy (non-hydrogen) atoms. The Kier molecular flexibility index (Phi) is 4.14. The first-order chi connectivity index (χ1) is 9.51. The zero-order valence-corrected chi connectivity index (χ0v) is 12.3. The van der Waals surface area contributed by atoms with Crippen LogP contribution < -0.4 is 15.8 Å². The summed E-state index contributed by atoms with van der Waals surface area (Å²) in [5.41, 5.74) is 6.83. The van der Waals surface area contributed by atoms with E-state index in [1.54, 1.807) is 24.3 Å². The minimum absolute atomic E-state index is 0.107. The maximum Gasteiger partial charge on any atom is 0.259 e. The van der Waals surface area contributed by atoms with Gasteiger partial charge in [0.2, 0.25) is 0 Å². The lowest BCUT2D eigenvalue weighted by atomic mass is 10.1. The zero-order valence-electron chi connectivity index (χ0n) is 10.7. The number of benzene rings is 2. The van der Waals surface area contributed by atoms with Crippen LogP contribution in [0.5, 0.6) is 11.5 Å². The van der Waals surface area contributed by atoms with Crippen LogP contribution in [0.1, 0.15) is 10.4 Å². The summed E-state index contributed by atoms with van der Waals surface area (Å²) in [6.45, 7) is 0. The van der Waals surface area contributed by atoms with Gasteiger partial charge in [-0.3, -0.25) is 4.79 Å². The first-order valence-corrected chi connectivity index (χ1v) is 6.54. The van der Waals surface area contributed by atoms with Crippen LogP contribution in [-0.2, 0) is 0 Å². The van der Waals surface area contributed by atoms with Crippen molar-refractivity contribution in [2.45, 2.75) is 0 Å². The Morgan fingerprint density at radius 1 is 1.30 bits per heavy atom. The first kappa shape index (κ1) is 14.2.